The van der Waals surface area contributed by atoms with Crippen LogP contribution in [0.5, 0.6) is 0 Å². The van der Waals surface area contributed by atoms with Crippen molar-refractivity contribution in [1.82, 2.24) is 5.06 Å². The standard InChI is InChI=1S/C9H11ClFNO/c1-6-3-8(10)9(11)4-7(6)5-12(2)13/h3-4,13H,5H2,1-2H3. The van der Waals surface area contributed by atoms with Crippen LogP contribution in [0.4, 0.5) is 4.39 Å². The summed E-state index contributed by atoms with van der Waals surface area (Å²) in [6, 6.07) is 2.89. The van der Waals surface area contributed by atoms with E-state index in [4.69, 9.17) is 16.8 Å². The van der Waals surface area contributed by atoms with Gasteiger partial charge in [-0.15, -0.1) is 0 Å². The summed E-state index contributed by atoms with van der Waals surface area (Å²) in [5.74, 6) is -0.455. The number of hydrogen-bond donors (Lipinski definition) is 1. The van der Waals surface area contributed by atoms with Gasteiger partial charge in [-0.05, 0) is 30.2 Å². The van der Waals surface area contributed by atoms with E-state index in [2.05, 4.69) is 0 Å². The Hall–Kier alpha value is -0.640. The molecular formula is C9H11ClFNO. The van der Waals surface area contributed by atoms with Gasteiger partial charge in [0.2, 0.25) is 0 Å². The first-order valence-electron chi connectivity index (χ1n) is 3.85. The van der Waals surface area contributed by atoms with Crippen molar-refractivity contribution in [2.75, 3.05) is 7.05 Å². The summed E-state index contributed by atoms with van der Waals surface area (Å²) in [5, 5.41) is 10.1. The highest BCUT2D eigenvalue weighted by molar-refractivity contribution is 6.30. The Morgan fingerprint density at radius 1 is 1.54 bits per heavy atom. The van der Waals surface area contributed by atoms with Crippen molar-refractivity contribution >= 4 is 11.6 Å². The highest BCUT2D eigenvalue weighted by atomic mass is 35.5. The van der Waals surface area contributed by atoms with E-state index < -0.39 is 5.82 Å². The summed E-state index contributed by atoms with van der Waals surface area (Å²) in [6.07, 6.45) is 0. The molecule has 0 amide bonds. The van der Waals surface area contributed by atoms with Gasteiger partial charge in [-0.25, -0.2) is 4.39 Å². The van der Waals surface area contributed by atoms with Crippen molar-refractivity contribution in [3.63, 3.8) is 0 Å². The molecule has 4 heteroatoms. The van der Waals surface area contributed by atoms with Crippen LogP contribution in [0.25, 0.3) is 0 Å². The van der Waals surface area contributed by atoms with Gasteiger partial charge < -0.3 is 5.21 Å². The minimum Gasteiger partial charge on any atom is -0.314 e. The zero-order valence-electron chi connectivity index (χ0n) is 7.51. The number of benzene rings is 1. The van der Waals surface area contributed by atoms with Crippen LogP contribution >= 0.6 is 11.6 Å². The maximum absolute atomic E-state index is 13.0. The first kappa shape index (κ1) is 10.4. The summed E-state index contributed by atoms with van der Waals surface area (Å²) >= 11 is 5.57. The third-order valence-electron chi connectivity index (χ3n) is 1.78. The van der Waals surface area contributed by atoms with Gasteiger partial charge in [-0.3, -0.25) is 0 Å². The lowest BCUT2D eigenvalue weighted by Crippen LogP contribution is -2.12. The minimum absolute atomic E-state index is 0.113. The molecule has 72 valence electrons. The minimum atomic E-state index is -0.455. The van der Waals surface area contributed by atoms with Gasteiger partial charge in [0.1, 0.15) is 5.82 Å². The molecule has 0 spiro atoms. The van der Waals surface area contributed by atoms with Crippen molar-refractivity contribution < 1.29 is 9.60 Å². The van der Waals surface area contributed by atoms with E-state index in [0.29, 0.717) is 6.54 Å². The average Bonchev–Trinajstić information content (AvgIpc) is 1.99. The molecule has 0 aliphatic carbocycles. The zero-order chi connectivity index (χ0) is 10.0. The van der Waals surface area contributed by atoms with E-state index in [1.165, 1.54) is 13.1 Å². The maximum atomic E-state index is 13.0. The SMILES string of the molecule is Cc1cc(Cl)c(F)cc1CN(C)O. The van der Waals surface area contributed by atoms with Crippen LogP contribution < -0.4 is 0 Å². The number of hydroxylamine groups is 2. The van der Waals surface area contributed by atoms with E-state index in [1.54, 1.807) is 6.07 Å². The molecule has 0 heterocycles. The molecule has 0 atom stereocenters. The molecule has 13 heavy (non-hydrogen) atoms. The molecule has 1 N–H and O–H groups in total. The quantitative estimate of drug-likeness (QED) is 0.747. The van der Waals surface area contributed by atoms with E-state index in [9.17, 15) is 4.39 Å². The lowest BCUT2D eigenvalue weighted by Gasteiger charge is -2.11. The largest absolute Gasteiger partial charge is 0.314 e. The highest BCUT2D eigenvalue weighted by Gasteiger charge is 2.06. The first-order chi connectivity index (χ1) is 6.00. The van der Waals surface area contributed by atoms with Crippen molar-refractivity contribution in [3.05, 3.63) is 34.1 Å². The second kappa shape index (κ2) is 4.05. The Bertz CT molecular complexity index is 315. The molecule has 0 saturated heterocycles. The Balaban J connectivity index is 3.01. The molecular weight excluding hydrogens is 193 g/mol. The van der Waals surface area contributed by atoms with Crippen LogP contribution in [0.3, 0.4) is 0 Å². The number of aryl methyl sites for hydroxylation is 1. The molecule has 0 unspecified atom stereocenters. The molecule has 0 aromatic heterocycles. The second-order valence-corrected chi connectivity index (χ2v) is 3.42. The fourth-order valence-electron chi connectivity index (χ4n) is 1.10. The molecule has 0 bridgehead atoms. The van der Waals surface area contributed by atoms with E-state index in [-0.39, 0.29) is 5.02 Å². The maximum Gasteiger partial charge on any atom is 0.142 e. The Morgan fingerprint density at radius 3 is 2.69 bits per heavy atom. The van der Waals surface area contributed by atoms with Crippen molar-refractivity contribution in [1.29, 1.82) is 0 Å². The monoisotopic (exact) mass is 203 g/mol. The van der Waals surface area contributed by atoms with E-state index >= 15 is 0 Å². The van der Waals surface area contributed by atoms with Crippen LogP contribution in [0.15, 0.2) is 12.1 Å². The smallest absolute Gasteiger partial charge is 0.142 e. The lowest BCUT2D eigenvalue weighted by atomic mass is 10.1. The van der Waals surface area contributed by atoms with Gasteiger partial charge in [0.25, 0.3) is 0 Å². The van der Waals surface area contributed by atoms with E-state index in [1.807, 2.05) is 6.92 Å². The lowest BCUT2D eigenvalue weighted by molar-refractivity contribution is -0.0733. The molecule has 1 aromatic rings. The average molecular weight is 204 g/mol. The molecule has 0 saturated carbocycles. The van der Waals surface area contributed by atoms with Gasteiger partial charge in [-0.1, -0.05) is 11.6 Å². The van der Waals surface area contributed by atoms with Crippen LogP contribution in [0.2, 0.25) is 5.02 Å². The molecule has 0 aliphatic heterocycles. The van der Waals surface area contributed by atoms with Gasteiger partial charge in [0.15, 0.2) is 0 Å². The number of rotatable bonds is 2. The number of nitrogens with zero attached hydrogens (tertiary/aromatic N) is 1. The van der Waals surface area contributed by atoms with Crippen LogP contribution in [0, 0.1) is 12.7 Å². The molecule has 0 fully saturated rings. The van der Waals surface area contributed by atoms with Crippen molar-refractivity contribution in [3.8, 4) is 0 Å². The van der Waals surface area contributed by atoms with Crippen LogP contribution in [-0.2, 0) is 6.54 Å². The topological polar surface area (TPSA) is 23.5 Å². The third-order valence-corrected chi connectivity index (χ3v) is 2.07. The Morgan fingerprint density at radius 2 is 2.15 bits per heavy atom. The van der Waals surface area contributed by atoms with Gasteiger partial charge in [0.05, 0.1) is 5.02 Å². The Labute approximate surface area is 81.5 Å². The predicted molar refractivity (Wildman–Crippen MR) is 49.4 cm³/mol. The van der Waals surface area contributed by atoms with E-state index in [0.717, 1.165) is 16.2 Å². The summed E-state index contributed by atoms with van der Waals surface area (Å²) in [4.78, 5) is 0. The molecule has 0 radical (unpaired) electrons. The fraction of sp³-hybridized carbons (Fsp3) is 0.333. The summed E-state index contributed by atoms with van der Waals surface area (Å²) in [5.41, 5.74) is 1.60. The van der Waals surface area contributed by atoms with Gasteiger partial charge in [-0.2, -0.15) is 5.06 Å². The van der Waals surface area contributed by atoms with Crippen LogP contribution in [-0.4, -0.2) is 17.3 Å². The molecule has 0 aliphatic rings. The summed E-state index contributed by atoms with van der Waals surface area (Å²) in [6.45, 7) is 2.12. The zero-order valence-corrected chi connectivity index (χ0v) is 8.27. The summed E-state index contributed by atoms with van der Waals surface area (Å²) in [7, 11) is 1.51. The Kier molecular flexibility index (Phi) is 3.25. The first-order valence-corrected chi connectivity index (χ1v) is 4.23. The summed E-state index contributed by atoms with van der Waals surface area (Å²) < 4.78 is 13.0. The van der Waals surface area contributed by atoms with Gasteiger partial charge in [0, 0.05) is 13.6 Å². The molecule has 1 rings (SSSR count). The highest BCUT2D eigenvalue weighted by Crippen LogP contribution is 2.20. The number of hydrogen-bond acceptors (Lipinski definition) is 2. The fourth-order valence-corrected chi connectivity index (χ4v) is 1.32. The normalized spacial score (nSPS) is 10.9. The third kappa shape index (κ3) is 2.66. The second-order valence-electron chi connectivity index (χ2n) is 3.01. The number of halogens is 2. The van der Waals surface area contributed by atoms with Crippen LogP contribution in [0.1, 0.15) is 11.1 Å². The van der Waals surface area contributed by atoms with Crippen molar-refractivity contribution in [2.24, 2.45) is 0 Å². The predicted octanol–water partition coefficient (Wildman–Crippen LogP) is 2.61. The molecule has 2 nitrogen and oxygen atoms in total. The van der Waals surface area contributed by atoms with Gasteiger partial charge >= 0.3 is 0 Å². The molecule has 1 aromatic carbocycles. The van der Waals surface area contributed by atoms with Crippen molar-refractivity contribution in [2.45, 2.75) is 13.5 Å².